The van der Waals surface area contributed by atoms with Crippen molar-refractivity contribution < 1.29 is 5.11 Å². The van der Waals surface area contributed by atoms with Crippen LogP contribution in [0.25, 0.3) is 0 Å². The Morgan fingerprint density at radius 2 is 2.20 bits per heavy atom. The van der Waals surface area contributed by atoms with Gasteiger partial charge in [0.05, 0.1) is 6.61 Å². The maximum Gasteiger partial charge on any atom is 0.151 e. The largest absolute Gasteiger partial charge is 0.395 e. The summed E-state index contributed by atoms with van der Waals surface area (Å²) in [5, 5.41) is 16.9. The Morgan fingerprint density at radius 3 is 2.67 bits per heavy atom. The summed E-state index contributed by atoms with van der Waals surface area (Å²) < 4.78 is 0. The van der Waals surface area contributed by atoms with Crippen molar-refractivity contribution in [1.29, 1.82) is 0 Å². The van der Waals surface area contributed by atoms with Crippen molar-refractivity contribution in [3.63, 3.8) is 0 Å². The van der Waals surface area contributed by atoms with Gasteiger partial charge in [-0.1, -0.05) is 0 Å². The van der Waals surface area contributed by atoms with E-state index in [1.807, 2.05) is 6.07 Å². The van der Waals surface area contributed by atoms with Crippen molar-refractivity contribution in [1.82, 2.24) is 10.2 Å². The van der Waals surface area contributed by atoms with Crippen LogP contribution in [0.4, 0.5) is 11.6 Å². The quantitative estimate of drug-likeness (QED) is 0.749. The van der Waals surface area contributed by atoms with Gasteiger partial charge in [0, 0.05) is 12.6 Å². The van der Waals surface area contributed by atoms with Crippen LogP contribution in [0.2, 0.25) is 0 Å². The molecule has 15 heavy (non-hydrogen) atoms. The molecule has 0 radical (unpaired) electrons. The summed E-state index contributed by atoms with van der Waals surface area (Å²) in [6.45, 7) is 0.756. The Balaban J connectivity index is 2.12. The summed E-state index contributed by atoms with van der Waals surface area (Å²) in [6, 6.07) is 4.11. The Morgan fingerprint density at radius 1 is 1.40 bits per heavy atom. The van der Waals surface area contributed by atoms with Crippen LogP contribution in [0.3, 0.4) is 0 Å². The van der Waals surface area contributed by atoms with Crippen LogP contribution >= 0.6 is 0 Å². The number of hydrogen-bond donors (Lipinski definition) is 2. The van der Waals surface area contributed by atoms with E-state index in [0.717, 1.165) is 5.82 Å². The number of nitrogens with two attached hydrogens (primary N) is 1. The molecule has 1 aromatic heterocycles. The minimum atomic E-state index is 0.141. The minimum absolute atomic E-state index is 0.141. The van der Waals surface area contributed by atoms with Gasteiger partial charge in [-0.15, -0.1) is 10.2 Å². The maximum absolute atomic E-state index is 9.01. The van der Waals surface area contributed by atoms with E-state index < -0.39 is 0 Å². The number of aromatic nitrogens is 2. The number of anilines is 2. The molecule has 1 fully saturated rings. The molecule has 0 spiro atoms. The molecule has 0 saturated heterocycles. The fourth-order valence-electron chi connectivity index (χ4n) is 1.78. The molecular weight excluding hydrogens is 192 g/mol. The van der Waals surface area contributed by atoms with Crippen LogP contribution in [-0.2, 0) is 0 Å². The van der Waals surface area contributed by atoms with Crippen LogP contribution in [0.15, 0.2) is 12.1 Å². The van der Waals surface area contributed by atoms with Crippen LogP contribution in [0.1, 0.15) is 19.3 Å². The first-order valence-electron chi connectivity index (χ1n) is 5.28. The summed E-state index contributed by atoms with van der Waals surface area (Å²) in [5.74, 6) is 1.24. The summed E-state index contributed by atoms with van der Waals surface area (Å²) in [7, 11) is 0. The molecule has 0 bridgehead atoms. The van der Waals surface area contributed by atoms with Gasteiger partial charge >= 0.3 is 0 Å². The van der Waals surface area contributed by atoms with E-state index in [-0.39, 0.29) is 6.61 Å². The highest BCUT2D eigenvalue weighted by Gasteiger charge is 2.25. The average Bonchev–Trinajstić information content (AvgIpc) is 2.16. The van der Waals surface area contributed by atoms with Crippen molar-refractivity contribution in [2.45, 2.75) is 25.3 Å². The standard InChI is InChI=1S/C10H16N4O/c11-9-4-5-10(13-12-9)14(6-7-15)8-2-1-3-8/h4-5,8,15H,1-3,6-7H2,(H2,11,12). The first-order valence-corrected chi connectivity index (χ1v) is 5.28. The van der Waals surface area contributed by atoms with E-state index in [0.29, 0.717) is 18.4 Å². The van der Waals surface area contributed by atoms with Gasteiger partial charge in [0.2, 0.25) is 0 Å². The van der Waals surface area contributed by atoms with Crippen molar-refractivity contribution in [2.75, 3.05) is 23.8 Å². The molecule has 5 heteroatoms. The fourth-order valence-corrected chi connectivity index (χ4v) is 1.78. The Bertz CT molecular complexity index is 310. The van der Waals surface area contributed by atoms with Crippen molar-refractivity contribution in [3.05, 3.63) is 12.1 Å². The summed E-state index contributed by atoms with van der Waals surface area (Å²) >= 11 is 0. The number of aliphatic hydroxyl groups is 1. The van der Waals surface area contributed by atoms with Crippen LogP contribution < -0.4 is 10.6 Å². The molecular formula is C10H16N4O. The SMILES string of the molecule is Nc1ccc(N(CCO)C2CCC2)nn1. The summed E-state index contributed by atoms with van der Waals surface area (Å²) in [4.78, 5) is 2.11. The molecule has 1 aliphatic carbocycles. The molecule has 1 aromatic rings. The number of nitrogen functional groups attached to an aromatic ring is 1. The molecule has 82 valence electrons. The number of nitrogens with zero attached hydrogens (tertiary/aromatic N) is 3. The van der Waals surface area contributed by atoms with E-state index in [1.54, 1.807) is 6.07 Å². The van der Waals surface area contributed by atoms with Gasteiger partial charge in [0.1, 0.15) is 5.82 Å². The lowest BCUT2D eigenvalue weighted by atomic mass is 9.91. The Hall–Kier alpha value is -1.36. The minimum Gasteiger partial charge on any atom is -0.395 e. The predicted octanol–water partition coefficient (Wildman–Crippen LogP) is 0.410. The number of aliphatic hydroxyl groups excluding tert-OH is 1. The predicted molar refractivity (Wildman–Crippen MR) is 58.5 cm³/mol. The first-order chi connectivity index (χ1) is 7.31. The second-order valence-electron chi connectivity index (χ2n) is 3.82. The lowest BCUT2D eigenvalue weighted by Gasteiger charge is -2.37. The topological polar surface area (TPSA) is 75.3 Å². The smallest absolute Gasteiger partial charge is 0.151 e. The summed E-state index contributed by atoms with van der Waals surface area (Å²) in [6.07, 6.45) is 3.60. The molecule has 1 heterocycles. The molecule has 1 saturated carbocycles. The lowest BCUT2D eigenvalue weighted by molar-refractivity contribution is 0.282. The van der Waals surface area contributed by atoms with Gasteiger partial charge in [-0.05, 0) is 31.4 Å². The third kappa shape index (κ3) is 2.18. The van der Waals surface area contributed by atoms with Gasteiger partial charge < -0.3 is 15.7 Å². The summed E-state index contributed by atoms with van der Waals surface area (Å²) in [5.41, 5.74) is 5.48. The Labute approximate surface area is 88.9 Å². The highest BCUT2D eigenvalue weighted by atomic mass is 16.3. The second kappa shape index (κ2) is 4.44. The third-order valence-electron chi connectivity index (χ3n) is 2.82. The van der Waals surface area contributed by atoms with Gasteiger partial charge in [0.25, 0.3) is 0 Å². The van der Waals surface area contributed by atoms with E-state index in [9.17, 15) is 0 Å². The third-order valence-corrected chi connectivity index (χ3v) is 2.82. The van der Waals surface area contributed by atoms with Crippen molar-refractivity contribution >= 4 is 11.6 Å². The average molecular weight is 208 g/mol. The molecule has 0 amide bonds. The molecule has 1 aliphatic rings. The number of rotatable bonds is 4. The van der Waals surface area contributed by atoms with Gasteiger partial charge in [-0.2, -0.15) is 0 Å². The highest BCUT2D eigenvalue weighted by Crippen LogP contribution is 2.27. The van der Waals surface area contributed by atoms with Crippen LogP contribution in [-0.4, -0.2) is 34.5 Å². The normalized spacial score (nSPS) is 16.1. The second-order valence-corrected chi connectivity index (χ2v) is 3.82. The monoisotopic (exact) mass is 208 g/mol. The lowest BCUT2D eigenvalue weighted by Crippen LogP contribution is -2.42. The van der Waals surface area contributed by atoms with Crippen molar-refractivity contribution in [3.8, 4) is 0 Å². The van der Waals surface area contributed by atoms with E-state index in [1.165, 1.54) is 19.3 Å². The van der Waals surface area contributed by atoms with Gasteiger partial charge in [-0.3, -0.25) is 0 Å². The maximum atomic E-state index is 9.01. The molecule has 0 aromatic carbocycles. The fraction of sp³-hybridized carbons (Fsp3) is 0.600. The van der Waals surface area contributed by atoms with Crippen molar-refractivity contribution in [2.24, 2.45) is 0 Å². The van der Waals surface area contributed by atoms with E-state index >= 15 is 0 Å². The Kier molecular flexibility index (Phi) is 3.01. The van der Waals surface area contributed by atoms with Gasteiger partial charge in [-0.25, -0.2) is 0 Å². The molecule has 0 unspecified atom stereocenters. The van der Waals surface area contributed by atoms with Crippen LogP contribution in [0, 0.1) is 0 Å². The van der Waals surface area contributed by atoms with Crippen LogP contribution in [0.5, 0.6) is 0 Å². The molecule has 5 nitrogen and oxygen atoms in total. The zero-order valence-electron chi connectivity index (χ0n) is 8.63. The zero-order valence-corrected chi connectivity index (χ0v) is 8.63. The first kappa shape index (κ1) is 10.2. The molecule has 2 rings (SSSR count). The molecule has 3 N–H and O–H groups in total. The zero-order chi connectivity index (χ0) is 10.7. The highest BCUT2D eigenvalue weighted by molar-refractivity contribution is 5.42. The number of hydrogen-bond acceptors (Lipinski definition) is 5. The van der Waals surface area contributed by atoms with Gasteiger partial charge in [0.15, 0.2) is 5.82 Å². The molecule has 0 atom stereocenters. The van der Waals surface area contributed by atoms with E-state index in [2.05, 4.69) is 15.1 Å². The van der Waals surface area contributed by atoms with E-state index in [4.69, 9.17) is 10.8 Å². The molecule has 0 aliphatic heterocycles.